The Morgan fingerprint density at radius 1 is 1.47 bits per heavy atom. The fraction of sp³-hybridized carbons (Fsp3) is 0.500. The summed E-state index contributed by atoms with van der Waals surface area (Å²) in [4.78, 5) is 13.7. The van der Waals surface area contributed by atoms with E-state index in [1.165, 1.54) is 0 Å². The summed E-state index contributed by atoms with van der Waals surface area (Å²) < 4.78 is 5.52. The number of carbonyl (C=O) groups is 1. The minimum Gasteiger partial charge on any atom is -0.479 e. The van der Waals surface area contributed by atoms with E-state index in [0.717, 1.165) is 12.2 Å². The number of hydrogen-bond donors (Lipinski definition) is 2. The van der Waals surface area contributed by atoms with E-state index < -0.39 is 6.10 Å². The molecule has 1 aliphatic heterocycles. The maximum absolute atomic E-state index is 11.6. The summed E-state index contributed by atoms with van der Waals surface area (Å²) in [5, 5.41) is 2.85. The number of anilines is 2. The van der Waals surface area contributed by atoms with Crippen molar-refractivity contribution < 1.29 is 9.53 Å². The van der Waals surface area contributed by atoms with E-state index in [0.29, 0.717) is 11.4 Å². The van der Waals surface area contributed by atoms with Gasteiger partial charge in [-0.25, -0.2) is 0 Å². The SMILES string of the molecule is CC1Oc2ccc(N(C)CC(C)(C)N)cc2NC1=O. The summed E-state index contributed by atoms with van der Waals surface area (Å²) in [5.74, 6) is 0.586. The Kier molecular flexibility index (Phi) is 3.41. The number of nitrogens with one attached hydrogen (secondary N) is 1. The highest BCUT2D eigenvalue weighted by Gasteiger charge is 2.24. The Morgan fingerprint density at radius 2 is 2.16 bits per heavy atom. The normalized spacial score (nSPS) is 18.4. The molecule has 104 valence electrons. The lowest BCUT2D eigenvalue weighted by Gasteiger charge is -2.30. The smallest absolute Gasteiger partial charge is 0.265 e. The first kappa shape index (κ1) is 13.7. The van der Waals surface area contributed by atoms with Crippen LogP contribution in [0.2, 0.25) is 0 Å². The molecular weight excluding hydrogens is 242 g/mol. The Labute approximate surface area is 113 Å². The Bertz CT molecular complexity index is 494. The van der Waals surface area contributed by atoms with E-state index in [1.807, 2.05) is 39.1 Å². The van der Waals surface area contributed by atoms with E-state index in [-0.39, 0.29) is 11.4 Å². The minimum absolute atomic E-state index is 0.119. The second-order valence-electron chi connectivity index (χ2n) is 5.77. The summed E-state index contributed by atoms with van der Waals surface area (Å²) in [6.45, 7) is 6.41. The van der Waals surface area contributed by atoms with Gasteiger partial charge in [-0.3, -0.25) is 4.79 Å². The third-order valence-corrected chi connectivity index (χ3v) is 2.98. The first-order chi connectivity index (χ1) is 8.76. The van der Waals surface area contributed by atoms with Crippen molar-refractivity contribution in [2.45, 2.75) is 32.4 Å². The molecule has 1 atom stereocenters. The standard InChI is InChI=1S/C14H21N3O2/c1-9-13(18)16-11-7-10(5-6-12(11)19-9)17(4)8-14(2,3)15/h5-7,9H,8,15H2,1-4H3,(H,16,18). The highest BCUT2D eigenvalue weighted by atomic mass is 16.5. The molecule has 1 heterocycles. The van der Waals surface area contributed by atoms with Gasteiger partial charge in [-0.2, -0.15) is 0 Å². The average molecular weight is 263 g/mol. The van der Waals surface area contributed by atoms with Gasteiger partial charge >= 0.3 is 0 Å². The fourth-order valence-corrected chi connectivity index (χ4v) is 2.14. The average Bonchev–Trinajstić information content (AvgIpc) is 2.27. The van der Waals surface area contributed by atoms with Crippen LogP contribution in [0.3, 0.4) is 0 Å². The first-order valence-corrected chi connectivity index (χ1v) is 6.38. The van der Waals surface area contributed by atoms with Crippen LogP contribution >= 0.6 is 0 Å². The van der Waals surface area contributed by atoms with Gasteiger partial charge in [-0.1, -0.05) is 0 Å². The Hall–Kier alpha value is -1.75. The molecule has 0 bridgehead atoms. The van der Waals surface area contributed by atoms with Crippen molar-refractivity contribution in [2.24, 2.45) is 5.73 Å². The number of likely N-dealkylation sites (N-methyl/N-ethyl adjacent to an activating group) is 1. The lowest BCUT2D eigenvalue weighted by atomic mass is 10.1. The predicted octanol–water partition coefficient (Wildman–Crippen LogP) is 1.58. The number of fused-ring (bicyclic) bond motifs is 1. The Morgan fingerprint density at radius 3 is 2.79 bits per heavy atom. The van der Waals surface area contributed by atoms with Gasteiger partial charge < -0.3 is 20.7 Å². The lowest BCUT2D eigenvalue weighted by Crippen LogP contribution is -2.44. The van der Waals surface area contributed by atoms with E-state index in [1.54, 1.807) is 6.92 Å². The van der Waals surface area contributed by atoms with Crippen molar-refractivity contribution in [1.29, 1.82) is 0 Å². The van der Waals surface area contributed by atoms with E-state index >= 15 is 0 Å². The predicted molar refractivity (Wildman–Crippen MR) is 76.7 cm³/mol. The molecule has 2 rings (SSSR count). The summed E-state index contributed by atoms with van der Waals surface area (Å²) in [5.41, 5.74) is 7.44. The van der Waals surface area contributed by atoms with Crippen LogP contribution in [0.5, 0.6) is 5.75 Å². The summed E-state index contributed by atoms with van der Waals surface area (Å²) >= 11 is 0. The number of ether oxygens (including phenoxy) is 1. The maximum Gasteiger partial charge on any atom is 0.265 e. The second kappa shape index (κ2) is 4.74. The maximum atomic E-state index is 11.6. The molecule has 1 aliphatic rings. The number of nitrogens with zero attached hydrogens (tertiary/aromatic N) is 1. The highest BCUT2D eigenvalue weighted by molar-refractivity contribution is 5.98. The van der Waals surface area contributed by atoms with Crippen LogP contribution in [0.4, 0.5) is 11.4 Å². The number of benzene rings is 1. The lowest BCUT2D eigenvalue weighted by molar-refractivity contribution is -0.122. The molecular formula is C14H21N3O2. The molecule has 1 aromatic rings. The minimum atomic E-state index is -0.445. The molecule has 5 nitrogen and oxygen atoms in total. The summed E-state index contributed by atoms with van der Waals surface area (Å²) in [6, 6.07) is 5.75. The van der Waals surface area contributed by atoms with Gasteiger partial charge in [-0.05, 0) is 39.0 Å². The topological polar surface area (TPSA) is 67.6 Å². The van der Waals surface area contributed by atoms with Gasteiger partial charge in [0.1, 0.15) is 5.75 Å². The van der Waals surface area contributed by atoms with E-state index in [4.69, 9.17) is 10.5 Å². The van der Waals surface area contributed by atoms with Crippen molar-refractivity contribution in [1.82, 2.24) is 0 Å². The van der Waals surface area contributed by atoms with Gasteiger partial charge in [0.2, 0.25) is 0 Å². The molecule has 0 aromatic heterocycles. The third-order valence-electron chi connectivity index (χ3n) is 2.98. The number of nitrogens with two attached hydrogens (primary N) is 1. The zero-order valence-corrected chi connectivity index (χ0v) is 11.9. The number of rotatable bonds is 3. The first-order valence-electron chi connectivity index (χ1n) is 6.38. The monoisotopic (exact) mass is 263 g/mol. The van der Waals surface area contributed by atoms with Crippen LogP contribution in [0, 0.1) is 0 Å². The van der Waals surface area contributed by atoms with E-state index in [2.05, 4.69) is 10.2 Å². The van der Waals surface area contributed by atoms with Gasteiger partial charge in [0.25, 0.3) is 5.91 Å². The number of carbonyl (C=O) groups excluding carboxylic acids is 1. The van der Waals surface area contributed by atoms with Crippen molar-refractivity contribution >= 4 is 17.3 Å². The van der Waals surface area contributed by atoms with Gasteiger partial charge in [0.15, 0.2) is 6.10 Å². The summed E-state index contributed by atoms with van der Waals surface area (Å²) in [7, 11) is 1.98. The molecule has 0 spiro atoms. The van der Waals surface area contributed by atoms with Crippen LogP contribution in [0.1, 0.15) is 20.8 Å². The molecule has 0 aliphatic carbocycles. The van der Waals surface area contributed by atoms with Gasteiger partial charge in [0.05, 0.1) is 5.69 Å². The highest BCUT2D eigenvalue weighted by Crippen LogP contribution is 2.33. The molecule has 0 radical (unpaired) electrons. The van der Waals surface area contributed by atoms with Crippen LogP contribution < -0.4 is 20.7 Å². The van der Waals surface area contributed by atoms with E-state index in [9.17, 15) is 4.79 Å². The largest absolute Gasteiger partial charge is 0.479 e. The fourth-order valence-electron chi connectivity index (χ4n) is 2.14. The third kappa shape index (κ3) is 3.17. The molecule has 1 aromatic carbocycles. The molecule has 1 amide bonds. The molecule has 1 unspecified atom stereocenters. The molecule has 0 fully saturated rings. The van der Waals surface area contributed by atoms with Crippen LogP contribution in [0.25, 0.3) is 0 Å². The van der Waals surface area contributed by atoms with Crippen molar-refractivity contribution in [3.05, 3.63) is 18.2 Å². The zero-order chi connectivity index (χ0) is 14.2. The molecule has 19 heavy (non-hydrogen) atoms. The van der Waals surface area contributed by atoms with Crippen LogP contribution in [0.15, 0.2) is 18.2 Å². The van der Waals surface area contributed by atoms with Gasteiger partial charge in [0, 0.05) is 24.8 Å². The number of amides is 1. The zero-order valence-electron chi connectivity index (χ0n) is 11.9. The quantitative estimate of drug-likeness (QED) is 0.869. The Balaban J connectivity index is 2.22. The van der Waals surface area contributed by atoms with Crippen molar-refractivity contribution in [2.75, 3.05) is 23.8 Å². The van der Waals surface area contributed by atoms with Crippen molar-refractivity contribution in [3.8, 4) is 5.75 Å². The van der Waals surface area contributed by atoms with Gasteiger partial charge in [-0.15, -0.1) is 0 Å². The van der Waals surface area contributed by atoms with Crippen molar-refractivity contribution in [3.63, 3.8) is 0 Å². The summed E-state index contributed by atoms with van der Waals surface area (Å²) in [6.07, 6.45) is -0.445. The molecule has 0 saturated heterocycles. The molecule has 0 saturated carbocycles. The van der Waals surface area contributed by atoms with Crippen LogP contribution in [-0.2, 0) is 4.79 Å². The number of hydrogen-bond acceptors (Lipinski definition) is 4. The second-order valence-corrected chi connectivity index (χ2v) is 5.77. The van der Waals surface area contributed by atoms with Crippen LogP contribution in [-0.4, -0.2) is 31.1 Å². The molecule has 5 heteroatoms. The molecule has 3 N–H and O–H groups in total.